The Bertz CT molecular complexity index is 743. The van der Waals surface area contributed by atoms with Gasteiger partial charge in [-0.05, 0) is 25.0 Å². The number of amides is 1. The number of aromatic nitrogens is 2. The fraction of sp³-hybridized carbons (Fsp3) is 0.400. The van der Waals surface area contributed by atoms with Crippen LogP contribution in [-0.4, -0.2) is 28.1 Å². The Morgan fingerprint density at radius 1 is 1.38 bits per heavy atom. The van der Waals surface area contributed by atoms with Crippen molar-refractivity contribution in [3.05, 3.63) is 38.9 Å². The number of hydrogen-bond acceptors (Lipinski definition) is 7. The second kappa shape index (κ2) is 7.82. The van der Waals surface area contributed by atoms with Gasteiger partial charge in [0.25, 0.3) is 5.91 Å². The van der Waals surface area contributed by atoms with Gasteiger partial charge in [0.15, 0.2) is 5.75 Å². The molecular weight excluding hydrogens is 332 g/mol. The number of ether oxygens (including phenoxy) is 1. The van der Waals surface area contributed by atoms with Crippen LogP contribution in [0.4, 0.5) is 10.8 Å². The van der Waals surface area contributed by atoms with E-state index in [2.05, 4.69) is 29.4 Å². The number of benzene rings is 1. The van der Waals surface area contributed by atoms with Gasteiger partial charge in [0.2, 0.25) is 5.13 Å². The van der Waals surface area contributed by atoms with E-state index in [-0.39, 0.29) is 17.0 Å². The number of methoxy groups -OCH3 is 1. The molecule has 1 aromatic carbocycles. The Morgan fingerprint density at radius 3 is 2.67 bits per heavy atom. The molecule has 128 valence electrons. The van der Waals surface area contributed by atoms with Crippen LogP contribution in [-0.2, 0) is 0 Å². The first-order chi connectivity index (χ1) is 11.5. The second-order valence-electron chi connectivity index (χ2n) is 5.06. The molecule has 24 heavy (non-hydrogen) atoms. The van der Waals surface area contributed by atoms with Crippen molar-refractivity contribution in [3.63, 3.8) is 0 Å². The molecule has 1 heterocycles. The molecule has 2 rings (SSSR count). The summed E-state index contributed by atoms with van der Waals surface area (Å²) in [6.45, 7) is 4.15. The van der Waals surface area contributed by atoms with Gasteiger partial charge in [0, 0.05) is 17.5 Å². The van der Waals surface area contributed by atoms with Crippen LogP contribution in [0, 0.1) is 10.1 Å². The molecule has 0 aliphatic rings. The Balaban J connectivity index is 2.18. The summed E-state index contributed by atoms with van der Waals surface area (Å²) < 4.78 is 4.92. The van der Waals surface area contributed by atoms with E-state index in [1.54, 1.807) is 0 Å². The third kappa shape index (κ3) is 3.85. The van der Waals surface area contributed by atoms with Crippen LogP contribution in [0.1, 0.15) is 48.0 Å². The number of nitrogens with zero attached hydrogens (tertiary/aromatic N) is 3. The van der Waals surface area contributed by atoms with Crippen LogP contribution in [0.25, 0.3) is 0 Å². The summed E-state index contributed by atoms with van der Waals surface area (Å²) in [5, 5.41) is 23.0. The van der Waals surface area contributed by atoms with Crippen LogP contribution in [0.15, 0.2) is 18.2 Å². The molecule has 8 nitrogen and oxygen atoms in total. The van der Waals surface area contributed by atoms with Crippen molar-refractivity contribution in [2.75, 3.05) is 12.4 Å². The monoisotopic (exact) mass is 350 g/mol. The number of anilines is 1. The van der Waals surface area contributed by atoms with E-state index < -0.39 is 10.8 Å². The summed E-state index contributed by atoms with van der Waals surface area (Å²) in [5.74, 6) is -0.0632. The van der Waals surface area contributed by atoms with Gasteiger partial charge in [-0.25, -0.2) is 0 Å². The smallest absolute Gasteiger partial charge is 0.311 e. The van der Waals surface area contributed by atoms with Crippen molar-refractivity contribution >= 4 is 28.1 Å². The molecule has 0 spiro atoms. The van der Waals surface area contributed by atoms with E-state index in [4.69, 9.17) is 4.74 Å². The molecule has 9 heteroatoms. The van der Waals surface area contributed by atoms with Gasteiger partial charge in [-0.2, -0.15) is 0 Å². The number of nitro benzene ring substituents is 1. The number of nitrogens with one attached hydrogen (secondary N) is 1. The summed E-state index contributed by atoms with van der Waals surface area (Å²) in [5.41, 5.74) is -0.109. The molecule has 0 bridgehead atoms. The molecule has 2 aromatic rings. The van der Waals surface area contributed by atoms with Crippen molar-refractivity contribution in [2.45, 2.75) is 32.6 Å². The number of carbonyl (C=O) groups excluding carboxylic acids is 1. The van der Waals surface area contributed by atoms with Gasteiger partial charge in [-0.1, -0.05) is 25.2 Å². The molecular formula is C15H18N4O4S. The topological polar surface area (TPSA) is 107 Å². The van der Waals surface area contributed by atoms with Crippen LogP contribution in [0.5, 0.6) is 5.75 Å². The maximum absolute atomic E-state index is 12.3. The SMILES string of the molecule is CCC(CC)c1nnc(NC(=O)c2ccc(OC)c([N+](=O)[O-])c2)s1. The van der Waals surface area contributed by atoms with Crippen molar-refractivity contribution in [1.29, 1.82) is 0 Å². The Morgan fingerprint density at radius 2 is 2.08 bits per heavy atom. The number of hydrogen-bond donors (Lipinski definition) is 1. The Kier molecular flexibility index (Phi) is 5.80. The van der Waals surface area contributed by atoms with Gasteiger partial charge >= 0.3 is 5.69 Å². The van der Waals surface area contributed by atoms with Crippen molar-refractivity contribution in [1.82, 2.24) is 10.2 Å². The maximum atomic E-state index is 12.3. The number of rotatable bonds is 7. The lowest BCUT2D eigenvalue weighted by Gasteiger charge is -2.06. The number of carbonyl (C=O) groups is 1. The van der Waals surface area contributed by atoms with Gasteiger partial charge in [-0.15, -0.1) is 10.2 Å². The van der Waals surface area contributed by atoms with E-state index in [0.717, 1.165) is 17.8 Å². The molecule has 1 amide bonds. The highest BCUT2D eigenvalue weighted by molar-refractivity contribution is 7.15. The summed E-state index contributed by atoms with van der Waals surface area (Å²) in [6.07, 6.45) is 1.90. The molecule has 0 aliphatic heterocycles. The van der Waals surface area contributed by atoms with Crippen LogP contribution >= 0.6 is 11.3 Å². The fourth-order valence-electron chi connectivity index (χ4n) is 2.23. The van der Waals surface area contributed by atoms with Crippen LogP contribution < -0.4 is 10.1 Å². The standard InChI is InChI=1S/C15H18N4O4S/c1-4-9(5-2)14-17-18-15(24-14)16-13(20)10-6-7-12(23-3)11(8-10)19(21)22/h6-9H,4-5H2,1-3H3,(H,16,18,20). The molecule has 0 saturated carbocycles. The van der Waals surface area contributed by atoms with Crippen LogP contribution in [0.2, 0.25) is 0 Å². The highest BCUT2D eigenvalue weighted by Crippen LogP contribution is 2.30. The second-order valence-corrected chi connectivity index (χ2v) is 6.07. The van der Waals surface area contributed by atoms with Crippen molar-refractivity contribution in [3.8, 4) is 5.75 Å². The molecule has 1 aromatic heterocycles. The molecule has 0 saturated heterocycles. The van der Waals surface area contributed by atoms with E-state index in [1.807, 2.05) is 0 Å². The minimum absolute atomic E-state index is 0.100. The summed E-state index contributed by atoms with van der Waals surface area (Å²) in [6, 6.07) is 4.03. The van der Waals surface area contributed by atoms with E-state index in [0.29, 0.717) is 11.0 Å². The zero-order valence-electron chi connectivity index (χ0n) is 13.6. The highest BCUT2D eigenvalue weighted by Gasteiger charge is 2.20. The molecule has 0 fully saturated rings. The maximum Gasteiger partial charge on any atom is 0.311 e. The molecule has 0 atom stereocenters. The van der Waals surface area contributed by atoms with Gasteiger partial charge in [-0.3, -0.25) is 20.2 Å². The minimum Gasteiger partial charge on any atom is -0.490 e. The quantitative estimate of drug-likeness (QED) is 0.604. The lowest BCUT2D eigenvalue weighted by atomic mass is 10.1. The zero-order valence-corrected chi connectivity index (χ0v) is 14.4. The van der Waals surface area contributed by atoms with Gasteiger partial charge in [0.1, 0.15) is 5.01 Å². The average molecular weight is 350 g/mol. The van der Waals surface area contributed by atoms with Gasteiger partial charge in [0.05, 0.1) is 12.0 Å². The predicted octanol–water partition coefficient (Wildman–Crippen LogP) is 3.61. The lowest BCUT2D eigenvalue weighted by Crippen LogP contribution is -2.12. The number of nitro groups is 1. The van der Waals surface area contributed by atoms with E-state index in [9.17, 15) is 14.9 Å². The summed E-state index contributed by atoms with van der Waals surface area (Å²) >= 11 is 1.32. The Hall–Kier alpha value is -2.55. The average Bonchev–Trinajstić information content (AvgIpc) is 3.03. The first-order valence-electron chi connectivity index (χ1n) is 7.47. The van der Waals surface area contributed by atoms with Crippen molar-refractivity contribution in [2.24, 2.45) is 0 Å². The normalized spacial score (nSPS) is 10.7. The summed E-state index contributed by atoms with van der Waals surface area (Å²) in [7, 11) is 1.34. The first-order valence-corrected chi connectivity index (χ1v) is 8.28. The third-order valence-electron chi connectivity index (χ3n) is 3.63. The van der Waals surface area contributed by atoms with Gasteiger partial charge < -0.3 is 4.74 Å². The zero-order chi connectivity index (χ0) is 17.7. The fourth-order valence-corrected chi connectivity index (χ4v) is 3.24. The van der Waals surface area contributed by atoms with Crippen molar-refractivity contribution < 1.29 is 14.5 Å². The third-order valence-corrected chi connectivity index (χ3v) is 4.63. The lowest BCUT2D eigenvalue weighted by molar-refractivity contribution is -0.385. The highest BCUT2D eigenvalue weighted by atomic mass is 32.1. The predicted molar refractivity (Wildman–Crippen MR) is 90.8 cm³/mol. The Labute approximate surface area is 143 Å². The largest absolute Gasteiger partial charge is 0.490 e. The molecule has 1 N–H and O–H groups in total. The van der Waals surface area contributed by atoms with E-state index in [1.165, 1.54) is 36.6 Å². The van der Waals surface area contributed by atoms with Crippen LogP contribution in [0.3, 0.4) is 0 Å². The molecule has 0 aliphatic carbocycles. The first kappa shape index (κ1) is 17.8. The minimum atomic E-state index is -0.592. The summed E-state index contributed by atoms with van der Waals surface area (Å²) in [4.78, 5) is 22.7. The molecule has 0 unspecified atom stereocenters. The van der Waals surface area contributed by atoms with E-state index >= 15 is 0 Å². The molecule has 0 radical (unpaired) electrons.